The molecule has 5 aliphatic carbocycles. The van der Waals surface area contributed by atoms with Crippen molar-refractivity contribution in [2.75, 3.05) is 0 Å². The Kier molecular flexibility index (Phi) is 4.87. The average Bonchev–Trinajstić information content (AvgIpc) is 3.12. The summed E-state index contributed by atoms with van der Waals surface area (Å²) in [6, 6.07) is 0. The highest BCUT2D eigenvalue weighted by molar-refractivity contribution is 5.85. The average molecular weight is 439 g/mol. The van der Waals surface area contributed by atoms with Crippen LogP contribution in [0.3, 0.4) is 0 Å². The van der Waals surface area contributed by atoms with Gasteiger partial charge in [0.25, 0.3) is 0 Å². The molecule has 9 atom stereocenters. The second-order valence-corrected chi connectivity index (χ2v) is 14.2. The first-order valence-corrected chi connectivity index (χ1v) is 13.5. The van der Waals surface area contributed by atoms with E-state index in [1.807, 2.05) is 0 Å². The lowest BCUT2D eigenvalue weighted by Gasteiger charge is -2.72. The molecule has 0 bridgehead atoms. The Hall–Kier alpha value is -0.920. The van der Waals surface area contributed by atoms with Gasteiger partial charge in [0.05, 0.1) is 0 Å². The van der Waals surface area contributed by atoms with Crippen molar-refractivity contribution in [1.29, 1.82) is 0 Å². The number of rotatable bonds is 2. The van der Waals surface area contributed by atoms with Crippen LogP contribution in [0.2, 0.25) is 0 Å². The van der Waals surface area contributed by atoms with Gasteiger partial charge in [-0.25, -0.2) is 0 Å². The molecule has 5 aliphatic rings. The molecule has 0 radical (unpaired) electrons. The summed E-state index contributed by atoms with van der Waals surface area (Å²) in [6.45, 7) is 18.9. The molecular formula is C30H46O2. The van der Waals surface area contributed by atoms with E-state index < -0.39 is 0 Å². The summed E-state index contributed by atoms with van der Waals surface area (Å²) in [5.74, 6) is 3.34. The number of carbonyl (C=O) groups is 2. The quantitative estimate of drug-likeness (QED) is 0.332. The standard InChI is InChI=1S/C30H46O2/c1-19(2)20-10-15-30(18-31)17-16-28(6)21(25(20)30)8-9-23-27(5)13-12-24(32)26(3,4)22(27)11-14-29(23,28)7/h18,20-23,25H,1,8-17H2,2-7H3/t20-,21-,22-,23+,25-,27+,28-,29+,30-/m1/s1. The number of fused-ring (bicyclic) bond motifs is 7. The van der Waals surface area contributed by atoms with Gasteiger partial charge in [0, 0.05) is 17.3 Å². The molecule has 5 saturated carbocycles. The van der Waals surface area contributed by atoms with E-state index in [2.05, 4.69) is 48.1 Å². The van der Waals surface area contributed by atoms with Crippen molar-refractivity contribution in [2.45, 2.75) is 106 Å². The Morgan fingerprint density at radius 2 is 1.59 bits per heavy atom. The topological polar surface area (TPSA) is 34.1 Å². The maximum absolute atomic E-state index is 12.9. The van der Waals surface area contributed by atoms with Crippen LogP contribution in [-0.4, -0.2) is 12.1 Å². The number of carbonyl (C=O) groups excluding carboxylic acids is 2. The van der Waals surface area contributed by atoms with E-state index in [0.717, 1.165) is 32.1 Å². The van der Waals surface area contributed by atoms with E-state index in [1.54, 1.807) is 0 Å². The van der Waals surface area contributed by atoms with Gasteiger partial charge in [-0.2, -0.15) is 0 Å². The lowest BCUT2D eigenvalue weighted by Crippen LogP contribution is -2.66. The van der Waals surface area contributed by atoms with Gasteiger partial charge < -0.3 is 4.79 Å². The highest BCUT2D eigenvalue weighted by Crippen LogP contribution is 2.77. The van der Waals surface area contributed by atoms with Crippen LogP contribution in [0.1, 0.15) is 106 Å². The smallest absolute Gasteiger partial charge is 0.138 e. The Morgan fingerprint density at radius 1 is 0.875 bits per heavy atom. The van der Waals surface area contributed by atoms with E-state index in [4.69, 9.17) is 0 Å². The minimum Gasteiger partial charge on any atom is -0.303 e. The molecule has 2 nitrogen and oxygen atoms in total. The Labute approximate surface area is 196 Å². The zero-order valence-electron chi connectivity index (χ0n) is 21.6. The summed E-state index contributed by atoms with van der Waals surface area (Å²) in [4.78, 5) is 25.4. The number of ketones is 1. The zero-order chi connectivity index (χ0) is 23.3. The van der Waals surface area contributed by atoms with Gasteiger partial charge in [-0.3, -0.25) is 4.79 Å². The molecule has 0 amide bonds. The van der Waals surface area contributed by atoms with Crippen molar-refractivity contribution in [3.63, 3.8) is 0 Å². The van der Waals surface area contributed by atoms with Gasteiger partial charge in [0.2, 0.25) is 0 Å². The molecule has 0 unspecified atom stereocenters. The molecule has 0 aromatic heterocycles. The second-order valence-electron chi connectivity index (χ2n) is 14.2. The second kappa shape index (κ2) is 6.82. The maximum Gasteiger partial charge on any atom is 0.138 e. The van der Waals surface area contributed by atoms with E-state index in [-0.39, 0.29) is 21.7 Å². The third-order valence-corrected chi connectivity index (χ3v) is 13.1. The van der Waals surface area contributed by atoms with E-state index in [0.29, 0.717) is 40.8 Å². The van der Waals surface area contributed by atoms with Crippen molar-refractivity contribution in [1.82, 2.24) is 0 Å². The monoisotopic (exact) mass is 438 g/mol. The molecule has 0 aliphatic heterocycles. The van der Waals surface area contributed by atoms with Gasteiger partial charge in [-0.15, -0.1) is 0 Å². The number of aldehydes is 1. The number of hydrogen-bond donors (Lipinski definition) is 0. The third kappa shape index (κ3) is 2.54. The van der Waals surface area contributed by atoms with Gasteiger partial charge in [-0.05, 0) is 111 Å². The number of allylic oxidation sites excluding steroid dienone is 1. The van der Waals surface area contributed by atoms with Crippen molar-refractivity contribution in [3.8, 4) is 0 Å². The highest BCUT2D eigenvalue weighted by Gasteiger charge is 2.70. The van der Waals surface area contributed by atoms with Crippen LogP contribution in [0.15, 0.2) is 12.2 Å². The van der Waals surface area contributed by atoms with E-state index >= 15 is 0 Å². The number of Topliss-reactive ketones (excluding diaryl/α,β-unsaturated/α-hetero) is 1. The summed E-state index contributed by atoms with van der Waals surface area (Å²) >= 11 is 0. The van der Waals surface area contributed by atoms with Crippen molar-refractivity contribution >= 4 is 12.1 Å². The first kappa shape index (κ1) is 22.9. The van der Waals surface area contributed by atoms with Gasteiger partial charge in [0.15, 0.2) is 0 Å². The Bertz CT molecular complexity index is 855. The molecule has 5 rings (SSSR count). The molecule has 0 N–H and O–H groups in total. The fourth-order valence-electron chi connectivity index (χ4n) is 11.2. The molecule has 32 heavy (non-hydrogen) atoms. The van der Waals surface area contributed by atoms with Crippen molar-refractivity contribution in [2.24, 2.45) is 56.7 Å². The molecule has 178 valence electrons. The Morgan fingerprint density at radius 3 is 2.25 bits per heavy atom. The van der Waals surface area contributed by atoms with E-state index in [9.17, 15) is 9.59 Å². The minimum absolute atomic E-state index is 0.0999. The predicted octanol–water partition coefficient (Wildman–Crippen LogP) is 7.41. The highest BCUT2D eigenvalue weighted by atomic mass is 16.1. The van der Waals surface area contributed by atoms with Crippen LogP contribution < -0.4 is 0 Å². The molecule has 0 spiro atoms. The fraction of sp³-hybridized carbons (Fsp3) is 0.867. The van der Waals surface area contributed by atoms with Crippen molar-refractivity contribution in [3.05, 3.63) is 12.2 Å². The molecule has 0 heterocycles. The first-order valence-electron chi connectivity index (χ1n) is 13.5. The SMILES string of the molecule is C=C(C)[C@H]1CC[C@]2(C=O)CC[C@]3(C)[C@H](CC[C@H]4[C@@]5(C)CCC(=O)C(C)(C)[C@H]5CC[C@@]43C)[C@@H]12. The Balaban J connectivity index is 1.56. The number of hydrogen-bond acceptors (Lipinski definition) is 2. The van der Waals surface area contributed by atoms with Crippen LogP contribution in [0.25, 0.3) is 0 Å². The molecule has 2 heteroatoms. The lowest BCUT2D eigenvalue weighted by molar-refractivity contribution is -0.231. The van der Waals surface area contributed by atoms with Crippen LogP contribution in [0.4, 0.5) is 0 Å². The summed E-state index contributed by atoms with van der Waals surface area (Å²) in [5.41, 5.74) is 1.87. The normalized spacial score (nSPS) is 54.1. The minimum atomic E-state index is -0.179. The zero-order valence-corrected chi connectivity index (χ0v) is 21.6. The molecule has 0 saturated heterocycles. The van der Waals surface area contributed by atoms with Crippen LogP contribution >= 0.6 is 0 Å². The first-order chi connectivity index (χ1) is 14.9. The van der Waals surface area contributed by atoms with Crippen LogP contribution in [0.5, 0.6) is 0 Å². The van der Waals surface area contributed by atoms with E-state index in [1.165, 1.54) is 44.0 Å². The maximum atomic E-state index is 12.9. The summed E-state index contributed by atoms with van der Waals surface area (Å²) < 4.78 is 0. The van der Waals surface area contributed by atoms with Gasteiger partial charge >= 0.3 is 0 Å². The fourth-order valence-corrected chi connectivity index (χ4v) is 11.2. The third-order valence-electron chi connectivity index (χ3n) is 13.1. The summed E-state index contributed by atoms with van der Waals surface area (Å²) in [7, 11) is 0. The summed E-state index contributed by atoms with van der Waals surface area (Å²) in [6.07, 6.45) is 12.7. The van der Waals surface area contributed by atoms with Gasteiger partial charge in [-0.1, -0.05) is 46.8 Å². The van der Waals surface area contributed by atoms with Crippen LogP contribution in [-0.2, 0) is 9.59 Å². The molecule has 0 aromatic rings. The predicted molar refractivity (Wildman–Crippen MR) is 130 cm³/mol. The van der Waals surface area contributed by atoms with Crippen molar-refractivity contribution < 1.29 is 9.59 Å². The molecule has 5 fully saturated rings. The van der Waals surface area contributed by atoms with Crippen LogP contribution in [0, 0.1) is 56.7 Å². The van der Waals surface area contributed by atoms with Gasteiger partial charge in [0.1, 0.15) is 12.1 Å². The lowest BCUT2D eigenvalue weighted by atomic mass is 9.32. The molecule has 0 aromatic carbocycles. The molecular weight excluding hydrogens is 392 g/mol. The summed E-state index contributed by atoms with van der Waals surface area (Å²) in [5, 5.41) is 0. The largest absolute Gasteiger partial charge is 0.303 e.